The molecule has 0 aromatic heterocycles. The van der Waals surface area contributed by atoms with Crippen molar-refractivity contribution in [1.82, 2.24) is 10.6 Å². The molecule has 1 aliphatic rings. The largest absolute Gasteiger partial charge is 0.469 e. The van der Waals surface area contributed by atoms with Crippen LogP contribution in [0.5, 0.6) is 0 Å². The molecule has 0 heterocycles. The molecule has 2 amide bonds. The van der Waals surface area contributed by atoms with Crippen molar-refractivity contribution in [2.45, 2.75) is 38.6 Å². The SMILES string of the molecule is COC(=O)C1(CNC(=O)NC(C)c2ccccc2Br)CCCC1. The second-order valence-corrected chi connectivity index (χ2v) is 6.90. The fourth-order valence-electron chi connectivity index (χ4n) is 3.12. The molecule has 1 aliphatic carbocycles. The van der Waals surface area contributed by atoms with Crippen molar-refractivity contribution in [2.24, 2.45) is 5.41 Å². The Balaban J connectivity index is 1.92. The first-order valence-electron chi connectivity index (χ1n) is 7.86. The Morgan fingerprint density at radius 3 is 2.57 bits per heavy atom. The molecule has 0 radical (unpaired) electrons. The van der Waals surface area contributed by atoms with E-state index in [4.69, 9.17) is 4.74 Å². The number of esters is 1. The molecule has 5 nitrogen and oxygen atoms in total. The van der Waals surface area contributed by atoms with Gasteiger partial charge in [-0.3, -0.25) is 4.79 Å². The van der Waals surface area contributed by atoms with E-state index in [1.807, 2.05) is 31.2 Å². The maximum absolute atomic E-state index is 12.2. The van der Waals surface area contributed by atoms with E-state index in [9.17, 15) is 9.59 Å². The Hall–Kier alpha value is -1.56. The number of halogens is 1. The van der Waals surface area contributed by atoms with Gasteiger partial charge in [-0.2, -0.15) is 0 Å². The lowest BCUT2D eigenvalue weighted by atomic mass is 9.86. The predicted octanol–water partition coefficient (Wildman–Crippen LogP) is 3.54. The summed E-state index contributed by atoms with van der Waals surface area (Å²) in [6, 6.07) is 7.35. The van der Waals surface area contributed by atoms with Crippen molar-refractivity contribution in [2.75, 3.05) is 13.7 Å². The van der Waals surface area contributed by atoms with Crippen LogP contribution in [0, 0.1) is 5.41 Å². The monoisotopic (exact) mass is 382 g/mol. The molecule has 0 spiro atoms. The van der Waals surface area contributed by atoms with Crippen molar-refractivity contribution in [3.63, 3.8) is 0 Å². The number of ether oxygens (including phenoxy) is 1. The molecular formula is C17H23BrN2O3. The lowest BCUT2D eigenvalue weighted by Gasteiger charge is -2.26. The molecule has 126 valence electrons. The fraction of sp³-hybridized carbons (Fsp3) is 0.529. The Bertz CT molecular complexity index is 571. The number of urea groups is 1. The molecule has 1 saturated carbocycles. The van der Waals surface area contributed by atoms with E-state index in [0.29, 0.717) is 6.54 Å². The molecule has 0 saturated heterocycles. The van der Waals surface area contributed by atoms with Crippen LogP contribution in [-0.2, 0) is 9.53 Å². The molecule has 1 fully saturated rings. The maximum Gasteiger partial charge on any atom is 0.315 e. The number of hydrogen-bond donors (Lipinski definition) is 2. The van der Waals surface area contributed by atoms with Crippen LogP contribution in [0.15, 0.2) is 28.7 Å². The zero-order valence-electron chi connectivity index (χ0n) is 13.5. The van der Waals surface area contributed by atoms with Gasteiger partial charge in [-0.15, -0.1) is 0 Å². The molecular weight excluding hydrogens is 360 g/mol. The summed E-state index contributed by atoms with van der Waals surface area (Å²) in [7, 11) is 1.40. The lowest BCUT2D eigenvalue weighted by molar-refractivity contribution is -0.152. The van der Waals surface area contributed by atoms with E-state index in [0.717, 1.165) is 35.7 Å². The second-order valence-electron chi connectivity index (χ2n) is 6.05. The number of nitrogens with one attached hydrogen (secondary N) is 2. The number of benzene rings is 1. The predicted molar refractivity (Wildman–Crippen MR) is 92.0 cm³/mol. The van der Waals surface area contributed by atoms with Gasteiger partial charge in [-0.25, -0.2) is 4.79 Å². The average Bonchev–Trinajstić information content (AvgIpc) is 3.02. The fourth-order valence-corrected chi connectivity index (χ4v) is 3.75. The molecule has 0 aliphatic heterocycles. The van der Waals surface area contributed by atoms with Gasteiger partial charge in [-0.1, -0.05) is 47.0 Å². The summed E-state index contributed by atoms with van der Waals surface area (Å²) >= 11 is 3.48. The molecule has 1 aromatic carbocycles. The molecule has 1 aromatic rings. The highest BCUT2D eigenvalue weighted by atomic mass is 79.9. The highest BCUT2D eigenvalue weighted by Crippen LogP contribution is 2.38. The van der Waals surface area contributed by atoms with Gasteiger partial charge in [0.1, 0.15) is 0 Å². The number of carbonyl (C=O) groups is 2. The van der Waals surface area contributed by atoms with Gasteiger partial charge in [0.2, 0.25) is 0 Å². The van der Waals surface area contributed by atoms with Crippen LogP contribution in [-0.4, -0.2) is 25.7 Å². The van der Waals surface area contributed by atoms with Crippen molar-refractivity contribution >= 4 is 27.9 Å². The van der Waals surface area contributed by atoms with Crippen LogP contribution in [0.1, 0.15) is 44.2 Å². The normalized spacial score (nSPS) is 17.3. The van der Waals surface area contributed by atoms with Gasteiger partial charge in [0, 0.05) is 11.0 Å². The number of carbonyl (C=O) groups excluding carboxylic acids is 2. The minimum Gasteiger partial charge on any atom is -0.469 e. The van der Waals surface area contributed by atoms with Crippen molar-refractivity contribution < 1.29 is 14.3 Å². The Labute approximate surface area is 145 Å². The summed E-state index contributed by atoms with van der Waals surface area (Å²) < 4.78 is 5.87. The van der Waals surface area contributed by atoms with Gasteiger partial charge < -0.3 is 15.4 Å². The van der Waals surface area contributed by atoms with Crippen LogP contribution < -0.4 is 10.6 Å². The average molecular weight is 383 g/mol. The molecule has 0 bridgehead atoms. The van der Waals surface area contributed by atoms with Crippen LogP contribution in [0.2, 0.25) is 0 Å². The third-order valence-corrected chi connectivity index (χ3v) is 5.21. The zero-order valence-corrected chi connectivity index (χ0v) is 15.1. The lowest BCUT2D eigenvalue weighted by Crippen LogP contribution is -2.46. The maximum atomic E-state index is 12.2. The third kappa shape index (κ3) is 4.25. The third-order valence-electron chi connectivity index (χ3n) is 4.49. The Kier molecular flexibility index (Phi) is 6.04. The summed E-state index contributed by atoms with van der Waals surface area (Å²) in [5.41, 5.74) is 0.439. The van der Waals surface area contributed by atoms with Gasteiger partial charge in [0.15, 0.2) is 0 Å². The summed E-state index contributed by atoms with van der Waals surface area (Å²) in [6.45, 7) is 2.24. The molecule has 2 rings (SSSR count). The van der Waals surface area contributed by atoms with Gasteiger partial charge >= 0.3 is 12.0 Å². The Morgan fingerprint density at radius 1 is 1.30 bits per heavy atom. The first-order chi connectivity index (χ1) is 11.0. The van der Waals surface area contributed by atoms with E-state index in [2.05, 4.69) is 26.6 Å². The van der Waals surface area contributed by atoms with E-state index in [-0.39, 0.29) is 18.0 Å². The topological polar surface area (TPSA) is 67.4 Å². The Morgan fingerprint density at radius 2 is 1.96 bits per heavy atom. The highest BCUT2D eigenvalue weighted by Gasteiger charge is 2.42. The molecule has 23 heavy (non-hydrogen) atoms. The smallest absolute Gasteiger partial charge is 0.315 e. The van der Waals surface area contributed by atoms with Crippen LogP contribution in [0.3, 0.4) is 0 Å². The van der Waals surface area contributed by atoms with Crippen molar-refractivity contribution in [3.05, 3.63) is 34.3 Å². The van der Waals surface area contributed by atoms with Crippen LogP contribution in [0.25, 0.3) is 0 Å². The molecule has 2 N–H and O–H groups in total. The van der Waals surface area contributed by atoms with E-state index < -0.39 is 5.41 Å². The van der Waals surface area contributed by atoms with Gasteiger partial charge in [0.25, 0.3) is 0 Å². The van der Waals surface area contributed by atoms with E-state index in [1.54, 1.807) is 0 Å². The van der Waals surface area contributed by atoms with Crippen LogP contribution >= 0.6 is 15.9 Å². The number of amides is 2. The number of methoxy groups -OCH3 is 1. The zero-order chi connectivity index (χ0) is 16.9. The summed E-state index contributed by atoms with van der Waals surface area (Å²) in [5, 5.41) is 5.74. The minimum atomic E-state index is -0.567. The highest BCUT2D eigenvalue weighted by molar-refractivity contribution is 9.10. The number of rotatable bonds is 5. The minimum absolute atomic E-state index is 0.136. The second kappa shape index (κ2) is 7.81. The summed E-state index contributed by atoms with van der Waals surface area (Å²) in [6.07, 6.45) is 3.51. The van der Waals surface area contributed by atoms with Gasteiger partial charge in [0.05, 0.1) is 18.6 Å². The summed E-state index contributed by atoms with van der Waals surface area (Å²) in [4.78, 5) is 24.2. The summed E-state index contributed by atoms with van der Waals surface area (Å²) in [5.74, 6) is -0.228. The quantitative estimate of drug-likeness (QED) is 0.765. The first kappa shape index (κ1) is 17.8. The van der Waals surface area contributed by atoms with Crippen molar-refractivity contribution in [3.8, 4) is 0 Å². The van der Waals surface area contributed by atoms with Gasteiger partial charge in [-0.05, 0) is 31.4 Å². The van der Waals surface area contributed by atoms with Crippen LogP contribution in [0.4, 0.5) is 4.79 Å². The van der Waals surface area contributed by atoms with Crippen molar-refractivity contribution in [1.29, 1.82) is 0 Å². The first-order valence-corrected chi connectivity index (χ1v) is 8.65. The molecule has 6 heteroatoms. The molecule has 1 atom stereocenters. The standard InChI is InChI=1S/C17H23BrN2O3/c1-12(13-7-3-4-8-14(13)18)20-16(22)19-11-17(15(21)23-2)9-5-6-10-17/h3-4,7-8,12H,5-6,9-11H2,1-2H3,(H2,19,20,22). The molecule has 1 unspecified atom stereocenters. The van der Waals surface area contributed by atoms with E-state index >= 15 is 0 Å². The van der Waals surface area contributed by atoms with E-state index in [1.165, 1.54) is 7.11 Å². The number of hydrogen-bond acceptors (Lipinski definition) is 3.